The van der Waals surface area contributed by atoms with Crippen molar-refractivity contribution in [1.82, 2.24) is 60.3 Å². The lowest BCUT2D eigenvalue weighted by atomic mass is 9.71. The summed E-state index contributed by atoms with van der Waals surface area (Å²) in [6.45, 7) is 21.1. The molecule has 1 spiro atoms. The van der Waals surface area contributed by atoms with Gasteiger partial charge in [0.1, 0.15) is 22.8 Å². The standard InChI is InChI=1S/C62H85N19O4/c1-6-41-34-46(8-10-50(41)79-20-12-47(13-21-79)81-36-62(37-81)18-22-77(5)23-19-62)68-60-55(70-53(49-33-40(4)74-76-49)58(72-60)66-44-16-30-85-31-17-44)61(83)64-38-78-24-26-80(27-25-78)51-11-9-45(35-42(51)7-2)67-59-54(56(63)82)69-52(48-32-39(3)73-75-48)57(71-59)65-43-14-28-84-29-15-43/h8-11,32-35,43-44,47H,6-7,12-31,36-38H2,1-5H3,(H2,63,82)(H,64,83)(H,73,75)(H,74,76)(H2,65,67,71)(H2,66,68,72). The Hall–Kier alpha value is -7.44. The van der Waals surface area contributed by atoms with Gasteiger partial charge in [0.25, 0.3) is 11.8 Å². The lowest BCUT2D eigenvalue weighted by Gasteiger charge is -2.57. The monoisotopic (exact) mass is 1160 g/mol. The molecule has 85 heavy (non-hydrogen) atoms. The molecule has 9 N–H and O–H groups in total. The average Bonchev–Trinajstić information content (AvgIpc) is 3.09. The highest BCUT2D eigenvalue weighted by atomic mass is 16.5. The summed E-state index contributed by atoms with van der Waals surface area (Å²) in [7, 11) is 2.26. The van der Waals surface area contributed by atoms with Crippen molar-refractivity contribution in [3.63, 3.8) is 0 Å². The van der Waals surface area contributed by atoms with E-state index < -0.39 is 5.91 Å². The zero-order chi connectivity index (χ0) is 58.6. The van der Waals surface area contributed by atoms with E-state index in [9.17, 15) is 9.59 Å². The van der Waals surface area contributed by atoms with Crippen LogP contribution in [0.5, 0.6) is 0 Å². The van der Waals surface area contributed by atoms with Gasteiger partial charge in [-0.15, -0.1) is 0 Å². The van der Waals surface area contributed by atoms with Gasteiger partial charge in [-0.3, -0.25) is 29.6 Å². The Morgan fingerprint density at radius 3 is 1.60 bits per heavy atom. The summed E-state index contributed by atoms with van der Waals surface area (Å²) in [5.41, 5.74) is 17.0. The number of H-pyrrole nitrogens is 2. The zero-order valence-corrected chi connectivity index (χ0v) is 50.2. The van der Waals surface area contributed by atoms with E-state index in [1.165, 1.54) is 63.1 Å². The SMILES string of the molecule is CCc1cc(Nc2nc(NC3CCOCC3)c(-c3cc(C)[nH]n3)nc2C(=O)NCN2CCN(c3ccc(Nc4nc(NC5CCOCC5)c(-c5cc(C)[nH]n5)nc4C(N)=O)cc3CC)CC2)ccc1N1CCC(N2CC3(CCN(C)CC3)C2)CC1. The number of aromatic nitrogens is 8. The molecular formula is C62H85N19O4. The van der Waals surface area contributed by atoms with Crippen LogP contribution in [0.25, 0.3) is 22.8 Å². The first-order valence-corrected chi connectivity index (χ1v) is 31.0. The summed E-state index contributed by atoms with van der Waals surface area (Å²) < 4.78 is 11.3. The molecule has 6 aromatic rings. The third kappa shape index (κ3) is 13.2. The number of amides is 2. The van der Waals surface area contributed by atoms with Gasteiger partial charge in [-0.25, -0.2) is 19.9 Å². The molecule has 0 atom stereocenters. The number of nitrogens with two attached hydrogens (primary N) is 1. The van der Waals surface area contributed by atoms with E-state index in [0.29, 0.717) is 84.8 Å². The van der Waals surface area contributed by atoms with Crippen LogP contribution in [0.4, 0.5) is 46.0 Å². The fourth-order valence-corrected chi connectivity index (χ4v) is 13.2. The smallest absolute Gasteiger partial charge is 0.274 e. The van der Waals surface area contributed by atoms with Crippen LogP contribution in [0.3, 0.4) is 0 Å². The molecule has 2 amide bonds. The van der Waals surface area contributed by atoms with Crippen LogP contribution in [0, 0.1) is 19.3 Å². The number of rotatable bonds is 19. The highest BCUT2D eigenvalue weighted by Gasteiger charge is 2.47. The first-order chi connectivity index (χ1) is 41.4. The molecule has 0 radical (unpaired) electrons. The second kappa shape index (κ2) is 25.6. The highest BCUT2D eigenvalue weighted by Crippen LogP contribution is 2.43. The number of nitrogens with zero attached hydrogens (tertiary/aromatic N) is 11. The van der Waals surface area contributed by atoms with Gasteiger partial charge in [0.2, 0.25) is 0 Å². The Morgan fingerprint density at radius 2 is 1.12 bits per heavy atom. The zero-order valence-electron chi connectivity index (χ0n) is 50.2. The van der Waals surface area contributed by atoms with E-state index in [4.69, 9.17) is 35.1 Å². The van der Waals surface area contributed by atoms with Crippen LogP contribution in [0.15, 0.2) is 48.5 Å². The van der Waals surface area contributed by atoms with Crippen LogP contribution >= 0.6 is 0 Å². The van der Waals surface area contributed by atoms with E-state index in [2.05, 4.69) is 123 Å². The number of anilines is 8. The van der Waals surface area contributed by atoms with Gasteiger partial charge in [0.05, 0.1) is 6.67 Å². The van der Waals surface area contributed by atoms with Crippen LogP contribution in [-0.2, 0) is 22.3 Å². The molecule has 4 aromatic heterocycles. The minimum absolute atomic E-state index is 0.0187. The van der Waals surface area contributed by atoms with Crippen molar-refractivity contribution in [3.8, 4) is 22.8 Å². The maximum absolute atomic E-state index is 14.7. The maximum Gasteiger partial charge on any atom is 0.274 e. The van der Waals surface area contributed by atoms with Crippen molar-refractivity contribution in [3.05, 3.63) is 82.4 Å². The number of carbonyl (C=O) groups excluding carboxylic acids is 2. The Kier molecular flexibility index (Phi) is 17.5. The van der Waals surface area contributed by atoms with Crippen LogP contribution < -0.4 is 42.1 Å². The molecule has 0 saturated carbocycles. The molecule has 6 aliphatic heterocycles. The molecule has 0 bridgehead atoms. The van der Waals surface area contributed by atoms with Crippen molar-refractivity contribution in [2.24, 2.45) is 11.1 Å². The number of nitrogens with one attached hydrogen (secondary N) is 7. The summed E-state index contributed by atoms with van der Waals surface area (Å²) >= 11 is 0. The van der Waals surface area contributed by atoms with Crippen molar-refractivity contribution in [2.75, 3.05) is 137 Å². The van der Waals surface area contributed by atoms with E-state index >= 15 is 0 Å². The van der Waals surface area contributed by atoms with Gasteiger partial charge in [0, 0.05) is 131 Å². The molecule has 10 heterocycles. The van der Waals surface area contributed by atoms with Crippen molar-refractivity contribution in [2.45, 2.75) is 110 Å². The summed E-state index contributed by atoms with van der Waals surface area (Å²) in [5, 5.41) is 32.5. The molecule has 452 valence electrons. The number of piperidine rings is 2. The van der Waals surface area contributed by atoms with Crippen LogP contribution in [0.1, 0.15) is 109 Å². The van der Waals surface area contributed by atoms with Gasteiger partial charge in [0.15, 0.2) is 34.7 Å². The number of primary amides is 1. The van der Waals surface area contributed by atoms with E-state index in [1.54, 1.807) is 0 Å². The second-order valence-electron chi connectivity index (χ2n) is 24.4. The van der Waals surface area contributed by atoms with Crippen LogP contribution in [-0.4, -0.2) is 191 Å². The third-order valence-corrected chi connectivity index (χ3v) is 18.3. The van der Waals surface area contributed by atoms with Gasteiger partial charge in [-0.05, 0) is 163 Å². The molecule has 23 nitrogen and oxygen atoms in total. The van der Waals surface area contributed by atoms with E-state index in [0.717, 1.165) is 112 Å². The molecule has 6 aliphatic rings. The van der Waals surface area contributed by atoms with Crippen molar-refractivity contribution >= 4 is 57.8 Å². The lowest BCUT2D eigenvalue weighted by molar-refractivity contribution is -0.0704. The Morgan fingerprint density at radius 1 is 0.624 bits per heavy atom. The van der Waals surface area contributed by atoms with Gasteiger partial charge in [-0.1, -0.05) is 13.8 Å². The minimum Gasteiger partial charge on any atom is -0.381 e. The molecule has 0 aliphatic carbocycles. The maximum atomic E-state index is 14.7. The largest absolute Gasteiger partial charge is 0.381 e. The molecule has 0 unspecified atom stereocenters. The van der Waals surface area contributed by atoms with Gasteiger partial charge >= 0.3 is 0 Å². The molecule has 12 rings (SSSR count). The summed E-state index contributed by atoms with van der Waals surface area (Å²) in [6.07, 6.45) is 9.93. The lowest BCUT2D eigenvalue weighted by Crippen LogP contribution is -2.63. The summed E-state index contributed by atoms with van der Waals surface area (Å²) in [4.78, 5) is 60.3. The number of aryl methyl sites for hydroxylation is 4. The molecule has 23 heteroatoms. The summed E-state index contributed by atoms with van der Waals surface area (Å²) in [5.74, 6) is 0.674. The molecule has 6 saturated heterocycles. The van der Waals surface area contributed by atoms with E-state index in [-0.39, 0.29) is 35.2 Å². The topological polar surface area (TPSA) is 264 Å². The Balaban J connectivity index is 0.729. The third-order valence-electron chi connectivity index (χ3n) is 18.3. The predicted molar refractivity (Wildman–Crippen MR) is 332 cm³/mol. The second-order valence-corrected chi connectivity index (χ2v) is 24.4. The van der Waals surface area contributed by atoms with Gasteiger partial charge < -0.3 is 56.5 Å². The van der Waals surface area contributed by atoms with Crippen molar-refractivity contribution < 1.29 is 19.1 Å². The average molecular weight is 1160 g/mol. The molecule has 6 fully saturated rings. The van der Waals surface area contributed by atoms with Crippen molar-refractivity contribution in [1.29, 1.82) is 0 Å². The van der Waals surface area contributed by atoms with Crippen LogP contribution in [0.2, 0.25) is 0 Å². The number of piperazine rings is 1. The fourth-order valence-electron chi connectivity index (χ4n) is 13.2. The fraction of sp³-hybridized carbons (Fsp3) is 0.548. The van der Waals surface area contributed by atoms with Gasteiger partial charge in [-0.2, -0.15) is 10.2 Å². The van der Waals surface area contributed by atoms with E-state index in [1.807, 2.05) is 32.0 Å². The number of benzene rings is 2. The number of hydrogen-bond donors (Lipinski definition) is 8. The predicted octanol–water partition coefficient (Wildman–Crippen LogP) is 7.06. The number of hydrogen-bond acceptors (Lipinski definition) is 19. The number of aromatic amines is 2. The normalized spacial score (nSPS) is 19.4. The number of carbonyl (C=O) groups is 2. The Bertz CT molecular complexity index is 3300. The Labute approximate surface area is 498 Å². The molecule has 2 aromatic carbocycles. The molecular weight excluding hydrogens is 1070 g/mol. The minimum atomic E-state index is -0.701. The number of likely N-dealkylation sites (tertiary alicyclic amines) is 2. The number of ether oxygens (including phenoxy) is 2. The highest BCUT2D eigenvalue weighted by molar-refractivity contribution is 5.99. The first kappa shape index (κ1) is 58.0. The summed E-state index contributed by atoms with van der Waals surface area (Å²) in [6, 6.07) is 17.5. The first-order valence-electron chi connectivity index (χ1n) is 31.0. The quantitative estimate of drug-likeness (QED) is 0.0403.